The quantitative estimate of drug-likeness (QED) is 0.605. The first-order valence-corrected chi connectivity index (χ1v) is 9.85. The van der Waals surface area contributed by atoms with Crippen molar-refractivity contribution in [3.8, 4) is 0 Å². The summed E-state index contributed by atoms with van der Waals surface area (Å²) in [5.41, 5.74) is 1.33. The number of hydrogen-bond acceptors (Lipinski definition) is 4. The predicted octanol–water partition coefficient (Wildman–Crippen LogP) is 2.88. The second-order valence-corrected chi connectivity index (χ2v) is 6.95. The average molecular weight is 396 g/mol. The minimum absolute atomic E-state index is 0.0177. The Labute approximate surface area is 171 Å². The van der Waals surface area contributed by atoms with E-state index in [4.69, 9.17) is 4.74 Å². The Kier molecular flexibility index (Phi) is 8.89. The van der Waals surface area contributed by atoms with E-state index in [9.17, 15) is 14.4 Å². The first kappa shape index (κ1) is 22.1. The van der Waals surface area contributed by atoms with Gasteiger partial charge in [0.15, 0.2) is 6.61 Å². The molecular formula is C23H28N2O4. The molecule has 0 spiro atoms. The number of rotatable bonds is 10. The molecule has 0 aliphatic rings. The third kappa shape index (κ3) is 7.78. The van der Waals surface area contributed by atoms with Crippen molar-refractivity contribution in [2.75, 3.05) is 6.61 Å². The van der Waals surface area contributed by atoms with Gasteiger partial charge >= 0.3 is 5.97 Å². The Bertz CT molecular complexity index is 793. The highest BCUT2D eigenvalue weighted by Crippen LogP contribution is 2.07. The second-order valence-electron chi connectivity index (χ2n) is 6.95. The number of ether oxygens (including phenoxy) is 1. The zero-order valence-electron chi connectivity index (χ0n) is 16.9. The summed E-state index contributed by atoms with van der Waals surface area (Å²) in [6.45, 7) is 3.56. The van der Waals surface area contributed by atoms with Crippen LogP contribution in [0.15, 0.2) is 60.7 Å². The fourth-order valence-corrected chi connectivity index (χ4v) is 2.93. The maximum absolute atomic E-state index is 12.6. The SMILES string of the molecule is CCCC(C)NC(=O)COC(=O)C(Cc1ccccc1)NC(=O)c1ccccc1. The molecule has 2 atom stereocenters. The predicted molar refractivity (Wildman–Crippen MR) is 111 cm³/mol. The van der Waals surface area contributed by atoms with Crippen LogP contribution in [0.25, 0.3) is 0 Å². The highest BCUT2D eigenvalue weighted by atomic mass is 16.5. The summed E-state index contributed by atoms with van der Waals surface area (Å²) in [5, 5.41) is 5.51. The Balaban J connectivity index is 2.01. The highest BCUT2D eigenvalue weighted by molar-refractivity contribution is 5.97. The molecule has 2 aromatic rings. The van der Waals surface area contributed by atoms with Gasteiger partial charge in [-0.15, -0.1) is 0 Å². The summed E-state index contributed by atoms with van der Waals surface area (Å²) >= 11 is 0. The lowest BCUT2D eigenvalue weighted by Gasteiger charge is -2.18. The third-order valence-electron chi connectivity index (χ3n) is 4.38. The topological polar surface area (TPSA) is 84.5 Å². The molecule has 0 radical (unpaired) electrons. The summed E-state index contributed by atoms with van der Waals surface area (Å²) in [7, 11) is 0. The van der Waals surface area contributed by atoms with E-state index >= 15 is 0 Å². The van der Waals surface area contributed by atoms with Gasteiger partial charge in [-0.1, -0.05) is 61.9 Å². The first-order chi connectivity index (χ1) is 14.0. The van der Waals surface area contributed by atoms with Crippen molar-refractivity contribution >= 4 is 17.8 Å². The van der Waals surface area contributed by atoms with Gasteiger partial charge in [0.1, 0.15) is 6.04 Å². The van der Waals surface area contributed by atoms with E-state index in [1.807, 2.05) is 50.2 Å². The number of carbonyl (C=O) groups is 3. The van der Waals surface area contributed by atoms with Crippen LogP contribution in [0.4, 0.5) is 0 Å². The summed E-state index contributed by atoms with van der Waals surface area (Å²) in [5.74, 6) is -1.37. The standard InChI is InChI=1S/C23H28N2O4/c1-3-10-17(2)24-21(26)16-29-23(28)20(15-18-11-6-4-7-12-18)25-22(27)19-13-8-5-9-14-19/h4-9,11-14,17,20H,3,10,15-16H2,1-2H3,(H,24,26)(H,25,27). The van der Waals surface area contributed by atoms with Crippen LogP contribution >= 0.6 is 0 Å². The Hall–Kier alpha value is -3.15. The molecule has 0 saturated carbocycles. The number of benzene rings is 2. The zero-order chi connectivity index (χ0) is 21.1. The molecular weight excluding hydrogens is 368 g/mol. The second kappa shape index (κ2) is 11.6. The van der Waals surface area contributed by atoms with Gasteiger partial charge in [0, 0.05) is 18.0 Å². The molecule has 2 aromatic carbocycles. The van der Waals surface area contributed by atoms with Gasteiger partial charge in [-0.25, -0.2) is 4.79 Å². The molecule has 2 rings (SSSR count). The van der Waals surface area contributed by atoms with Crippen LogP contribution in [0.5, 0.6) is 0 Å². The largest absolute Gasteiger partial charge is 0.454 e. The third-order valence-corrected chi connectivity index (χ3v) is 4.38. The van der Waals surface area contributed by atoms with Gasteiger partial charge in [-0.3, -0.25) is 9.59 Å². The molecule has 0 fully saturated rings. The molecule has 6 nitrogen and oxygen atoms in total. The maximum Gasteiger partial charge on any atom is 0.329 e. The summed E-state index contributed by atoms with van der Waals surface area (Å²) in [4.78, 5) is 37.1. The van der Waals surface area contributed by atoms with Gasteiger partial charge < -0.3 is 15.4 Å². The molecule has 2 amide bonds. The monoisotopic (exact) mass is 396 g/mol. The smallest absolute Gasteiger partial charge is 0.329 e. The fourth-order valence-electron chi connectivity index (χ4n) is 2.93. The molecule has 0 heterocycles. The summed E-state index contributed by atoms with van der Waals surface area (Å²) in [6.07, 6.45) is 2.07. The molecule has 0 saturated heterocycles. The van der Waals surface area contributed by atoms with Crippen molar-refractivity contribution in [3.63, 3.8) is 0 Å². The minimum atomic E-state index is -0.897. The highest BCUT2D eigenvalue weighted by Gasteiger charge is 2.24. The fraction of sp³-hybridized carbons (Fsp3) is 0.348. The van der Waals surface area contributed by atoms with Gasteiger partial charge in [-0.2, -0.15) is 0 Å². The van der Waals surface area contributed by atoms with Crippen molar-refractivity contribution in [2.45, 2.75) is 45.2 Å². The molecule has 154 valence electrons. The van der Waals surface area contributed by atoms with Crippen molar-refractivity contribution in [3.05, 3.63) is 71.8 Å². The number of carbonyl (C=O) groups excluding carboxylic acids is 3. The van der Waals surface area contributed by atoms with E-state index in [1.54, 1.807) is 24.3 Å². The van der Waals surface area contributed by atoms with Crippen LogP contribution in [0.2, 0.25) is 0 Å². The summed E-state index contributed by atoms with van der Waals surface area (Å²) < 4.78 is 5.19. The van der Waals surface area contributed by atoms with Crippen LogP contribution in [0, 0.1) is 0 Å². The molecule has 2 N–H and O–H groups in total. The number of esters is 1. The molecule has 0 aromatic heterocycles. The van der Waals surface area contributed by atoms with Gasteiger partial charge in [-0.05, 0) is 31.0 Å². The summed E-state index contributed by atoms with van der Waals surface area (Å²) in [6, 6.07) is 17.1. The van der Waals surface area contributed by atoms with Gasteiger partial charge in [0.2, 0.25) is 0 Å². The van der Waals surface area contributed by atoms with E-state index in [0.717, 1.165) is 18.4 Å². The van der Waals surface area contributed by atoms with Gasteiger partial charge in [0.25, 0.3) is 11.8 Å². The van der Waals surface area contributed by atoms with Crippen molar-refractivity contribution in [1.29, 1.82) is 0 Å². The molecule has 0 bridgehead atoms. The Morgan fingerprint density at radius 2 is 1.55 bits per heavy atom. The normalized spacial score (nSPS) is 12.5. The van der Waals surface area contributed by atoms with Crippen LogP contribution in [0.3, 0.4) is 0 Å². The Morgan fingerprint density at radius 3 is 2.17 bits per heavy atom. The molecule has 2 unspecified atom stereocenters. The minimum Gasteiger partial charge on any atom is -0.454 e. The first-order valence-electron chi connectivity index (χ1n) is 9.85. The lowest BCUT2D eigenvalue weighted by Crippen LogP contribution is -2.44. The van der Waals surface area contributed by atoms with Crippen LogP contribution in [0.1, 0.15) is 42.6 Å². The lowest BCUT2D eigenvalue weighted by atomic mass is 10.1. The Morgan fingerprint density at radius 1 is 0.931 bits per heavy atom. The maximum atomic E-state index is 12.6. The van der Waals surface area contributed by atoms with E-state index in [0.29, 0.717) is 5.56 Å². The number of hydrogen-bond donors (Lipinski definition) is 2. The molecule has 0 aliphatic heterocycles. The molecule has 6 heteroatoms. The van der Waals surface area contributed by atoms with E-state index in [2.05, 4.69) is 10.6 Å². The zero-order valence-corrected chi connectivity index (χ0v) is 16.9. The van der Waals surface area contributed by atoms with Crippen molar-refractivity contribution < 1.29 is 19.1 Å². The van der Waals surface area contributed by atoms with E-state index in [1.165, 1.54) is 0 Å². The molecule has 0 aliphatic carbocycles. The molecule has 29 heavy (non-hydrogen) atoms. The lowest BCUT2D eigenvalue weighted by molar-refractivity contribution is -0.150. The van der Waals surface area contributed by atoms with Gasteiger partial charge in [0.05, 0.1) is 0 Å². The van der Waals surface area contributed by atoms with Crippen molar-refractivity contribution in [1.82, 2.24) is 10.6 Å². The number of amides is 2. The van der Waals surface area contributed by atoms with Crippen LogP contribution < -0.4 is 10.6 Å². The number of nitrogens with one attached hydrogen (secondary N) is 2. The average Bonchev–Trinajstić information content (AvgIpc) is 2.73. The van der Waals surface area contributed by atoms with E-state index < -0.39 is 12.0 Å². The van der Waals surface area contributed by atoms with Crippen molar-refractivity contribution in [2.24, 2.45) is 0 Å². The van der Waals surface area contributed by atoms with Crippen LogP contribution in [-0.2, 0) is 20.7 Å². The van der Waals surface area contributed by atoms with E-state index in [-0.39, 0.29) is 30.9 Å². The van der Waals surface area contributed by atoms with Crippen LogP contribution in [-0.4, -0.2) is 36.5 Å².